The zero-order valence-corrected chi connectivity index (χ0v) is 10.5. The molecule has 0 atom stereocenters. The quantitative estimate of drug-likeness (QED) is 0.824. The van der Waals surface area contributed by atoms with Gasteiger partial charge in [-0.2, -0.15) is 5.10 Å². The summed E-state index contributed by atoms with van der Waals surface area (Å²) < 4.78 is 1.70. The van der Waals surface area contributed by atoms with Crippen molar-refractivity contribution in [2.75, 3.05) is 11.9 Å². The Morgan fingerprint density at radius 1 is 1.65 bits per heavy atom. The van der Waals surface area contributed by atoms with Gasteiger partial charge in [-0.05, 0) is 31.7 Å². The maximum Gasteiger partial charge on any atom is 0.225 e. The summed E-state index contributed by atoms with van der Waals surface area (Å²) in [7, 11) is 1.84. The number of nitrogens with zero attached hydrogens (tertiary/aromatic N) is 2. The number of hydrogen-bond acceptors (Lipinski definition) is 3. The Morgan fingerprint density at radius 3 is 2.76 bits per heavy atom. The first-order valence-electron chi connectivity index (χ1n) is 6.05. The van der Waals surface area contributed by atoms with Crippen LogP contribution in [0, 0.1) is 12.3 Å². The topological polar surface area (TPSA) is 72.9 Å². The van der Waals surface area contributed by atoms with Crippen molar-refractivity contribution in [2.45, 2.75) is 32.6 Å². The number of carbonyl (C=O) groups is 1. The first-order valence-corrected chi connectivity index (χ1v) is 6.05. The zero-order chi connectivity index (χ0) is 12.5. The van der Waals surface area contributed by atoms with Crippen LogP contribution in [0.2, 0.25) is 0 Å². The van der Waals surface area contributed by atoms with Gasteiger partial charge in [-0.15, -0.1) is 0 Å². The molecule has 0 bridgehead atoms. The molecule has 5 nitrogen and oxygen atoms in total. The fourth-order valence-corrected chi connectivity index (χ4v) is 2.39. The van der Waals surface area contributed by atoms with E-state index in [0.29, 0.717) is 13.0 Å². The maximum absolute atomic E-state index is 11.9. The fourth-order valence-electron chi connectivity index (χ4n) is 2.39. The molecule has 0 saturated heterocycles. The van der Waals surface area contributed by atoms with Crippen LogP contribution in [0.15, 0.2) is 6.20 Å². The first-order chi connectivity index (χ1) is 8.04. The Bertz CT molecular complexity index is 415. The number of anilines is 1. The molecule has 94 valence electrons. The highest BCUT2D eigenvalue weighted by atomic mass is 16.1. The summed E-state index contributed by atoms with van der Waals surface area (Å²) in [4.78, 5) is 11.9. The standard InChI is InChI=1S/C12H20N4O/c1-9-10(7-16(2)15-9)14-11(17)6-12(8-13)4-3-5-12/h7H,3-6,8,13H2,1-2H3,(H,14,17). The van der Waals surface area contributed by atoms with Crippen molar-refractivity contribution in [3.8, 4) is 0 Å². The number of rotatable bonds is 4. The lowest BCUT2D eigenvalue weighted by Crippen LogP contribution is -2.40. The van der Waals surface area contributed by atoms with Crippen molar-refractivity contribution in [2.24, 2.45) is 18.2 Å². The zero-order valence-electron chi connectivity index (χ0n) is 10.5. The van der Waals surface area contributed by atoms with Gasteiger partial charge < -0.3 is 11.1 Å². The highest BCUT2D eigenvalue weighted by molar-refractivity contribution is 5.91. The smallest absolute Gasteiger partial charge is 0.225 e. The number of amides is 1. The average molecular weight is 236 g/mol. The van der Waals surface area contributed by atoms with Crippen molar-refractivity contribution in [1.82, 2.24) is 9.78 Å². The number of nitrogens with one attached hydrogen (secondary N) is 1. The Kier molecular flexibility index (Phi) is 3.19. The second-order valence-corrected chi connectivity index (χ2v) is 5.08. The van der Waals surface area contributed by atoms with Gasteiger partial charge in [-0.1, -0.05) is 6.42 Å². The van der Waals surface area contributed by atoms with Gasteiger partial charge >= 0.3 is 0 Å². The fraction of sp³-hybridized carbons (Fsp3) is 0.667. The van der Waals surface area contributed by atoms with Gasteiger partial charge in [-0.25, -0.2) is 0 Å². The van der Waals surface area contributed by atoms with E-state index >= 15 is 0 Å². The molecule has 1 aromatic heterocycles. The third-order valence-corrected chi connectivity index (χ3v) is 3.67. The lowest BCUT2D eigenvalue weighted by atomic mass is 9.66. The summed E-state index contributed by atoms with van der Waals surface area (Å²) in [5, 5.41) is 7.10. The normalized spacial score (nSPS) is 17.6. The Morgan fingerprint density at radius 2 is 2.35 bits per heavy atom. The molecule has 0 aliphatic heterocycles. The summed E-state index contributed by atoms with van der Waals surface area (Å²) in [5.74, 6) is 0.0475. The molecule has 0 spiro atoms. The molecule has 0 radical (unpaired) electrons. The Labute approximate surface area is 101 Å². The van der Waals surface area contributed by atoms with Crippen LogP contribution in [0.3, 0.4) is 0 Å². The molecule has 1 aliphatic carbocycles. The molecule has 0 aromatic carbocycles. The molecule has 2 rings (SSSR count). The monoisotopic (exact) mass is 236 g/mol. The average Bonchev–Trinajstić information content (AvgIpc) is 2.51. The largest absolute Gasteiger partial charge is 0.330 e. The molecule has 1 heterocycles. The van der Waals surface area contributed by atoms with Gasteiger partial charge in [0.25, 0.3) is 0 Å². The highest BCUT2D eigenvalue weighted by Crippen LogP contribution is 2.43. The highest BCUT2D eigenvalue weighted by Gasteiger charge is 2.37. The van der Waals surface area contributed by atoms with E-state index in [2.05, 4.69) is 10.4 Å². The molecule has 3 N–H and O–H groups in total. The van der Waals surface area contributed by atoms with E-state index < -0.39 is 0 Å². The van der Waals surface area contributed by atoms with E-state index in [-0.39, 0.29) is 11.3 Å². The molecule has 5 heteroatoms. The van der Waals surface area contributed by atoms with E-state index in [1.165, 1.54) is 6.42 Å². The van der Waals surface area contributed by atoms with E-state index in [0.717, 1.165) is 24.2 Å². The van der Waals surface area contributed by atoms with Crippen molar-refractivity contribution in [3.63, 3.8) is 0 Å². The molecule has 0 unspecified atom stereocenters. The molecule has 1 aromatic rings. The molecule has 17 heavy (non-hydrogen) atoms. The minimum Gasteiger partial charge on any atom is -0.330 e. The van der Waals surface area contributed by atoms with E-state index in [9.17, 15) is 4.79 Å². The van der Waals surface area contributed by atoms with Crippen LogP contribution >= 0.6 is 0 Å². The second kappa shape index (κ2) is 4.49. The van der Waals surface area contributed by atoms with Crippen molar-refractivity contribution in [1.29, 1.82) is 0 Å². The third kappa shape index (κ3) is 2.49. The molecular weight excluding hydrogens is 216 g/mol. The van der Waals surface area contributed by atoms with Crippen molar-refractivity contribution in [3.05, 3.63) is 11.9 Å². The predicted molar refractivity (Wildman–Crippen MR) is 66.5 cm³/mol. The van der Waals surface area contributed by atoms with Crippen molar-refractivity contribution >= 4 is 11.6 Å². The molecular formula is C12H20N4O. The summed E-state index contributed by atoms with van der Waals surface area (Å²) in [5.41, 5.74) is 7.44. The summed E-state index contributed by atoms with van der Waals surface area (Å²) in [6.07, 6.45) is 5.68. The van der Waals surface area contributed by atoms with Crippen LogP contribution in [-0.4, -0.2) is 22.2 Å². The van der Waals surface area contributed by atoms with Gasteiger partial charge in [0.1, 0.15) is 0 Å². The molecule has 1 fully saturated rings. The second-order valence-electron chi connectivity index (χ2n) is 5.08. The number of hydrogen-bond donors (Lipinski definition) is 2. The van der Waals surface area contributed by atoms with Gasteiger partial charge in [0.05, 0.1) is 11.4 Å². The number of aromatic nitrogens is 2. The number of carbonyl (C=O) groups excluding carboxylic acids is 1. The minimum atomic E-state index is 0.0475. The summed E-state index contributed by atoms with van der Waals surface area (Å²) in [6.45, 7) is 2.49. The lowest BCUT2D eigenvalue weighted by molar-refractivity contribution is -0.119. The van der Waals surface area contributed by atoms with Crippen LogP contribution in [-0.2, 0) is 11.8 Å². The van der Waals surface area contributed by atoms with Crippen molar-refractivity contribution < 1.29 is 4.79 Å². The minimum absolute atomic E-state index is 0.0475. The van der Waals surface area contributed by atoms with Gasteiger partial charge in [0, 0.05) is 19.7 Å². The molecule has 1 saturated carbocycles. The van der Waals surface area contributed by atoms with Gasteiger partial charge in [0.15, 0.2) is 0 Å². The summed E-state index contributed by atoms with van der Waals surface area (Å²) >= 11 is 0. The molecule has 1 aliphatic rings. The van der Waals surface area contributed by atoms with Crippen LogP contribution in [0.4, 0.5) is 5.69 Å². The van der Waals surface area contributed by atoms with E-state index in [1.54, 1.807) is 4.68 Å². The number of nitrogens with two attached hydrogens (primary N) is 1. The van der Waals surface area contributed by atoms with Crippen LogP contribution in [0.1, 0.15) is 31.4 Å². The maximum atomic E-state index is 11.9. The van der Waals surface area contributed by atoms with Crippen LogP contribution in [0.25, 0.3) is 0 Å². The first kappa shape index (κ1) is 12.1. The SMILES string of the molecule is Cc1nn(C)cc1NC(=O)CC1(CN)CCC1. The van der Waals surface area contributed by atoms with E-state index in [4.69, 9.17) is 5.73 Å². The molecule has 1 amide bonds. The third-order valence-electron chi connectivity index (χ3n) is 3.67. The lowest BCUT2D eigenvalue weighted by Gasteiger charge is -2.40. The van der Waals surface area contributed by atoms with Crippen LogP contribution in [0.5, 0.6) is 0 Å². The number of aryl methyl sites for hydroxylation is 2. The summed E-state index contributed by atoms with van der Waals surface area (Å²) in [6, 6.07) is 0. The predicted octanol–water partition coefficient (Wildman–Crippen LogP) is 1.19. The Balaban J connectivity index is 1.95. The van der Waals surface area contributed by atoms with E-state index in [1.807, 2.05) is 20.2 Å². The van der Waals surface area contributed by atoms with Gasteiger partial charge in [0.2, 0.25) is 5.91 Å². The van der Waals surface area contributed by atoms with Gasteiger partial charge in [-0.3, -0.25) is 9.48 Å². The van der Waals surface area contributed by atoms with Crippen LogP contribution < -0.4 is 11.1 Å². The Hall–Kier alpha value is -1.36.